The standard InChI is InChI=1S/C16H12ClN3O4/c1-9-5-11(17)7-13-14(18-22)16(21)19(15(9)13)8-10-3-2-4-12(6-10)20(23)24/h2-7,22H,8H2,1H3/b18-14-. The minimum absolute atomic E-state index is 0.0525. The highest BCUT2D eigenvalue weighted by molar-refractivity contribution is 6.54. The minimum atomic E-state index is -0.491. The van der Waals surface area contributed by atoms with Crippen LogP contribution in [-0.2, 0) is 11.3 Å². The van der Waals surface area contributed by atoms with Crippen molar-refractivity contribution in [1.82, 2.24) is 0 Å². The van der Waals surface area contributed by atoms with Crippen LogP contribution in [0.4, 0.5) is 11.4 Å². The lowest BCUT2D eigenvalue weighted by molar-refractivity contribution is -0.384. The molecule has 1 aliphatic heterocycles. The molecule has 0 saturated heterocycles. The average molecular weight is 346 g/mol. The summed E-state index contributed by atoms with van der Waals surface area (Å²) >= 11 is 6.02. The molecule has 0 radical (unpaired) electrons. The molecule has 24 heavy (non-hydrogen) atoms. The molecule has 8 heteroatoms. The van der Waals surface area contributed by atoms with Crippen LogP contribution in [-0.4, -0.2) is 21.7 Å². The Balaban J connectivity index is 2.06. The van der Waals surface area contributed by atoms with Crippen LogP contribution < -0.4 is 4.90 Å². The molecule has 0 aromatic heterocycles. The molecule has 0 fully saturated rings. The van der Waals surface area contributed by atoms with Gasteiger partial charge in [0.1, 0.15) is 0 Å². The Morgan fingerprint density at radius 1 is 1.33 bits per heavy atom. The van der Waals surface area contributed by atoms with Crippen molar-refractivity contribution in [3.63, 3.8) is 0 Å². The number of non-ortho nitro benzene ring substituents is 1. The number of benzene rings is 2. The van der Waals surface area contributed by atoms with Crippen LogP contribution in [0.1, 0.15) is 16.7 Å². The van der Waals surface area contributed by atoms with Gasteiger partial charge in [0.2, 0.25) is 0 Å². The first-order chi connectivity index (χ1) is 11.4. The number of carbonyl (C=O) groups excluding carboxylic acids is 1. The van der Waals surface area contributed by atoms with E-state index >= 15 is 0 Å². The molecular formula is C16H12ClN3O4. The van der Waals surface area contributed by atoms with Gasteiger partial charge in [0, 0.05) is 22.7 Å². The van der Waals surface area contributed by atoms with Gasteiger partial charge in [-0.1, -0.05) is 28.9 Å². The summed E-state index contributed by atoms with van der Waals surface area (Å²) in [6.45, 7) is 1.91. The second kappa shape index (κ2) is 5.93. The smallest absolute Gasteiger partial charge is 0.281 e. The number of anilines is 1. The summed E-state index contributed by atoms with van der Waals surface area (Å²) in [4.78, 5) is 24.4. The maximum Gasteiger partial charge on any atom is 0.281 e. The van der Waals surface area contributed by atoms with Crippen molar-refractivity contribution >= 4 is 34.6 Å². The number of halogens is 1. The number of hydrogen-bond acceptors (Lipinski definition) is 5. The van der Waals surface area contributed by atoms with Gasteiger partial charge in [0.05, 0.1) is 17.2 Å². The molecule has 1 heterocycles. The molecule has 0 aliphatic carbocycles. The Morgan fingerprint density at radius 2 is 2.08 bits per heavy atom. The zero-order valence-electron chi connectivity index (χ0n) is 12.6. The first-order valence-electron chi connectivity index (χ1n) is 7.00. The van der Waals surface area contributed by atoms with E-state index in [4.69, 9.17) is 11.6 Å². The zero-order valence-corrected chi connectivity index (χ0v) is 13.3. The molecule has 7 nitrogen and oxygen atoms in total. The monoisotopic (exact) mass is 345 g/mol. The van der Waals surface area contributed by atoms with Gasteiger partial charge in [0.15, 0.2) is 5.71 Å². The molecule has 0 saturated carbocycles. The van der Waals surface area contributed by atoms with Crippen LogP contribution in [0.5, 0.6) is 0 Å². The molecule has 0 unspecified atom stereocenters. The summed E-state index contributed by atoms with van der Waals surface area (Å²) in [5, 5.41) is 23.6. The normalized spacial score (nSPS) is 15.0. The van der Waals surface area contributed by atoms with Crippen LogP contribution in [0.2, 0.25) is 5.02 Å². The van der Waals surface area contributed by atoms with Gasteiger partial charge < -0.3 is 10.1 Å². The van der Waals surface area contributed by atoms with Crippen molar-refractivity contribution in [2.24, 2.45) is 5.16 Å². The second-order valence-electron chi connectivity index (χ2n) is 5.39. The summed E-state index contributed by atoms with van der Waals surface area (Å²) in [7, 11) is 0. The number of fused-ring (bicyclic) bond motifs is 1. The third kappa shape index (κ3) is 2.59. The summed E-state index contributed by atoms with van der Waals surface area (Å²) in [5.74, 6) is -0.482. The molecular weight excluding hydrogens is 334 g/mol. The fraction of sp³-hybridized carbons (Fsp3) is 0.125. The van der Waals surface area contributed by atoms with Crippen LogP contribution >= 0.6 is 11.6 Å². The number of amides is 1. The van der Waals surface area contributed by atoms with E-state index in [0.29, 0.717) is 21.8 Å². The summed E-state index contributed by atoms with van der Waals surface area (Å²) < 4.78 is 0. The second-order valence-corrected chi connectivity index (χ2v) is 5.82. The molecule has 3 rings (SSSR count). The van der Waals surface area contributed by atoms with Crippen LogP contribution in [0, 0.1) is 17.0 Å². The molecule has 0 bridgehead atoms. The van der Waals surface area contributed by atoms with E-state index in [1.807, 2.05) is 0 Å². The lowest BCUT2D eigenvalue weighted by Gasteiger charge is -2.19. The quantitative estimate of drug-likeness (QED) is 0.524. The number of hydrogen-bond donors (Lipinski definition) is 1. The van der Waals surface area contributed by atoms with Gasteiger partial charge in [0.25, 0.3) is 11.6 Å². The number of aryl methyl sites for hydroxylation is 1. The van der Waals surface area contributed by atoms with Gasteiger partial charge in [-0.25, -0.2) is 0 Å². The van der Waals surface area contributed by atoms with Crippen molar-refractivity contribution in [2.45, 2.75) is 13.5 Å². The Labute approximate surface area is 141 Å². The fourth-order valence-electron chi connectivity index (χ4n) is 2.82. The van der Waals surface area contributed by atoms with Gasteiger partial charge >= 0.3 is 0 Å². The summed E-state index contributed by atoms with van der Waals surface area (Å²) in [6, 6.07) is 9.31. The van der Waals surface area contributed by atoms with Crippen molar-refractivity contribution < 1.29 is 14.9 Å². The average Bonchev–Trinajstić information content (AvgIpc) is 2.79. The van der Waals surface area contributed by atoms with Crippen molar-refractivity contribution in [1.29, 1.82) is 0 Å². The van der Waals surface area contributed by atoms with E-state index in [9.17, 15) is 20.1 Å². The Kier molecular flexibility index (Phi) is 3.94. The predicted octanol–water partition coefficient (Wildman–Crippen LogP) is 3.28. The maximum absolute atomic E-state index is 12.5. The van der Waals surface area contributed by atoms with Gasteiger partial charge in [-0.15, -0.1) is 0 Å². The largest absolute Gasteiger partial charge is 0.410 e. The number of nitro groups is 1. The molecule has 1 amide bonds. The first kappa shape index (κ1) is 15.9. The maximum atomic E-state index is 12.5. The van der Waals surface area contributed by atoms with E-state index in [1.54, 1.807) is 31.2 Å². The zero-order chi connectivity index (χ0) is 17.4. The molecule has 0 spiro atoms. The molecule has 2 aromatic carbocycles. The molecule has 0 atom stereocenters. The number of oxime groups is 1. The predicted molar refractivity (Wildman–Crippen MR) is 88.8 cm³/mol. The third-order valence-electron chi connectivity index (χ3n) is 3.80. The number of rotatable bonds is 3. The highest BCUT2D eigenvalue weighted by atomic mass is 35.5. The van der Waals surface area contributed by atoms with Gasteiger partial charge in [-0.3, -0.25) is 14.9 Å². The SMILES string of the molecule is Cc1cc(Cl)cc2c1N(Cc1cccc([N+](=O)[O-])c1)C(=O)/C2=N\O. The van der Waals surface area contributed by atoms with Crippen molar-refractivity contribution in [2.75, 3.05) is 4.90 Å². The third-order valence-corrected chi connectivity index (χ3v) is 4.02. The van der Waals surface area contributed by atoms with E-state index in [0.717, 1.165) is 5.56 Å². The molecule has 1 aliphatic rings. The van der Waals surface area contributed by atoms with E-state index in [1.165, 1.54) is 17.0 Å². The topological polar surface area (TPSA) is 96.0 Å². The van der Waals surface area contributed by atoms with E-state index < -0.39 is 10.8 Å². The van der Waals surface area contributed by atoms with Gasteiger partial charge in [-0.2, -0.15) is 0 Å². The minimum Gasteiger partial charge on any atom is -0.410 e. The van der Waals surface area contributed by atoms with Crippen molar-refractivity contribution in [3.8, 4) is 0 Å². The Morgan fingerprint density at radius 3 is 2.75 bits per heavy atom. The molecule has 122 valence electrons. The van der Waals surface area contributed by atoms with E-state index in [2.05, 4.69) is 5.16 Å². The summed E-state index contributed by atoms with van der Waals surface area (Å²) in [5.41, 5.74) is 2.22. The highest BCUT2D eigenvalue weighted by Gasteiger charge is 2.36. The van der Waals surface area contributed by atoms with Crippen LogP contribution in [0.15, 0.2) is 41.6 Å². The number of nitro benzene ring substituents is 1. The number of nitrogens with zero attached hydrogens (tertiary/aromatic N) is 3. The van der Waals surface area contributed by atoms with Crippen LogP contribution in [0.25, 0.3) is 0 Å². The summed E-state index contributed by atoms with van der Waals surface area (Å²) in [6.07, 6.45) is 0. The van der Waals surface area contributed by atoms with Gasteiger partial charge in [-0.05, 0) is 30.2 Å². The lowest BCUT2D eigenvalue weighted by atomic mass is 10.1. The number of carbonyl (C=O) groups is 1. The van der Waals surface area contributed by atoms with Crippen molar-refractivity contribution in [3.05, 3.63) is 68.2 Å². The Bertz CT molecular complexity index is 895. The fourth-order valence-corrected chi connectivity index (χ4v) is 3.09. The molecule has 2 aromatic rings. The van der Waals surface area contributed by atoms with E-state index in [-0.39, 0.29) is 17.9 Å². The Hall–Kier alpha value is -2.93. The lowest BCUT2D eigenvalue weighted by Crippen LogP contribution is -2.29. The molecule has 1 N–H and O–H groups in total. The highest BCUT2D eigenvalue weighted by Crippen LogP contribution is 2.36. The first-order valence-corrected chi connectivity index (χ1v) is 7.38. The van der Waals surface area contributed by atoms with Crippen LogP contribution in [0.3, 0.4) is 0 Å².